The third-order valence-corrected chi connectivity index (χ3v) is 1.85. The molecule has 0 atom stereocenters. The molecule has 0 radical (unpaired) electrons. The Hall–Kier alpha value is -0.560. The number of hydrogen-bond acceptors (Lipinski definition) is 1. The van der Waals surface area contributed by atoms with Crippen molar-refractivity contribution in [2.75, 3.05) is 6.54 Å². The van der Waals surface area contributed by atoms with E-state index < -0.39 is 0 Å². The van der Waals surface area contributed by atoms with Gasteiger partial charge in [0.05, 0.1) is 0 Å². The molecule has 2 N–H and O–H groups in total. The average Bonchev–Trinajstić information content (AvgIpc) is 2.33. The van der Waals surface area contributed by atoms with Gasteiger partial charge in [-0.25, -0.2) is 0 Å². The smallest absolute Gasteiger partial charge is 0.0143 e. The summed E-state index contributed by atoms with van der Waals surface area (Å²) >= 11 is 0. The van der Waals surface area contributed by atoms with Crippen LogP contribution < -0.4 is 5.73 Å². The van der Waals surface area contributed by atoms with E-state index in [1.54, 1.807) is 0 Å². The van der Waals surface area contributed by atoms with Gasteiger partial charge < -0.3 is 5.73 Å². The number of allylic oxidation sites excluding steroid dienone is 3. The predicted octanol–water partition coefficient (Wildman–Crippen LogP) is 3.03. The van der Waals surface area contributed by atoms with E-state index in [2.05, 4.69) is 33.8 Å². The van der Waals surface area contributed by atoms with Crippen molar-refractivity contribution in [2.24, 2.45) is 5.73 Å². The Kier molecular flexibility index (Phi) is 5.73. The molecule has 0 saturated heterocycles. The molecule has 0 spiro atoms. The van der Waals surface area contributed by atoms with Crippen LogP contribution in [0.25, 0.3) is 0 Å². The molecule has 0 saturated carbocycles. The second kappa shape index (κ2) is 6.01. The third-order valence-electron chi connectivity index (χ3n) is 1.85. The Labute approximate surface area is 76.3 Å². The highest BCUT2D eigenvalue weighted by atomic mass is 14.5. The second-order valence-corrected chi connectivity index (χ2v) is 3.35. The van der Waals surface area contributed by atoms with Crippen molar-refractivity contribution >= 4 is 0 Å². The van der Waals surface area contributed by atoms with Crippen LogP contribution >= 0.6 is 0 Å². The standard InChI is InChI=1S/C8H13N.C3H8/c1-6-3-8(5-9)4-7(6)2;1-3-2/h3H,4-5,9H2,1-2H3;3H2,1-2H3. The summed E-state index contributed by atoms with van der Waals surface area (Å²) in [6.07, 6.45) is 4.54. The first-order valence-electron chi connectivity index (χ1n) is 4.71. The molecule has 0 aliphatic heterocycles. The van der Waals surface area contributed by atoms with Crippen molar-refractivity contribution in [1.29, 1.82) is 0 Å². The SMILES string of the molecule is CC1=C(C)CC(CN)=C1.CCC. The first-order chi connectivity index (χ1) is 5.65. The maximum atomic E-state index is 5.46. The first kappa shape index (κ1) is 11.4. The fraction of sp³-hybridized carbons (Fsp3) is 0.636. The average molecular weight is 167 g/mol. The van der Waals surface area contributed by atoms with Crippen LogP contribution in [0.2, 0.25) is 0 Å². The third kappa shape index (κ3) is 3.72. The number of nitrogens with two attached hydrogens (primary N) is 1. The van der Waals surface area contributed by atoms with Gasteiger partial charge in [0.2, 0.25) is 0 Å². The number of rotatable bonds is 1. The van der Waals surface area contributed by atoms with E-state index in [-0.39, 0.29) is 0 Å². The second-order valence-electron chi connectivity index (χ2n) is 3.35. The van der Waals surface area contributed by atoms with Gasteiger partial charge in [-0.05, 0) is 20.3 Å². The van der Waals surface area contributed by atoms with Crippen LogP contribution in [0.5, 0.6) is 0 Å². The summed E-state index contributed by atoms with van der Waals surface area (Å²) in [6, 6.07) is 0. The van der Waals surface area contributed by atoms with E-state index in [4.69, 9.17) is 5.73 Å². The first-order valence-corrected chi connectivity index (χ1v) is 4.71. The Morgan fingerprint density at radius 3 is 2.00 bits per heavy atom. The zero-order valence-corrected chi connectivity index (χ0v) is 8.78. The van der Waals surface area contributed by atoms with E-state index in [0.717, 1.165) is 6.42 Å². The summed E-state index contributed by atoms with van der Waals surface area (Å²) < 4.78 is 0. The summed E-state index contributed by atoms with van der Waals surface area (Å²) in [7, 11) is 0. The van der Waals surface area contributed by atoms with Crippen molar-refractivity contribution < 1.29 is 0 Å². The van der Waals surface area contributed by atoms with Crippen molar-refractivity contribution in [3.8, 4) is 0 Å². The summed E-state index contributed by atoms with van der Waals surface area (Å²) in [5.74, 6) is 0. The molecule has 0 heterocycles. The quantitative estimate of drug-likeness (QED) is 0.638. The Morgan fingerprint density at radius 1 is 1.33 bits per heavy atom. The van der Waals surface area contributed by atoms with Crippen molar-refractivity contribution in [2.45, 2.75) is 40.5 Å². The van der Waals surface area contributed by atoms with Crippen molar-refractivity contribution in [1.82, 2.24) is 0 Å². The molecule has 1 aliphatic carbocycles. The minimum Gasteiger partial charge on any atom is -0.327 e. The highest BCUT2D eigenvalue weighted by Crippen LogP contribution is 2.22. The summed E-state index contributed by atoms with van der Waals surface area (Å²) in [5, 5.41) is 0. The highest BCUT2D eigenvalue weighted by molar-refractivity contribution is 5.37. The molecule has 70 valence electrons. The van der Waals surface area contributed by atoms with Gasteiger partial charge in [0.15, 0.2) is 0 Å². The maximum Gasteiger partial charge on any atom is 0.0143 e. The Balaban J connectivity index is 0.000000354. The van der Waals surface area contributed by atoms with E-state index in [1.807, 2.05) is 0 Å². The molecule has 1 heteroatoms. The maximum absolute atomic E-state index is 5.46. The number of hydrogen-bond donors (Lipinski definition) is 1. The molecule has 0 amide bonds. The Morgan fingerprint density at radius 2 is 1.83 bits per heavy atom. The van der Waals surface area contributed by atoms with Crippen LogP contribution in [0, 0.1) is 0 Å². The summed E-state index contributed by atoms with van der Waals surface area (Å²) in [6.45, 7) is 9.27. The molecular weight excluding hydrogens is 146 g/mol. The minimum atomic E-state index is 0.717. The molecular formula is C11H21N. The lowest BCUT2D eigenvalue weighted by molar-refractivity contribution is 1.05. The topological polar surface area (TPSA) is 26.0 Å². The van der Waals surface area contributed by atoms with Crippen LogP contribution in [0.1, 0.15) is 40.5 Å². The molecule has 0 fully saturated rings. The van der Waals surface area contributed by atoms with Crippen molar-refractivity contribution in [3.05, 3.63) is 22.8 Å². The summed E-state index contributed by atoms with van der Waals surface area (Å²) in [4.78, 5) is 0. The zero-order valence-electron chi connectivity index (χ0n) is 8.78. The summed E-state index contributed by atoms with van der Waals surface area (Å²) in [5.41, 5.74) is 9.70. The zero-order chi connectivity index (χ0) is 9.56. The van der Waals surface area contributed by atoms with Crippen LogP contribution in [0.4, 0.5) is 0 Å². The lowest BCUT2D eigenvalue weighted by atomic mass is 10.1. The van der Waals surface area contributed by atoms with E-state index >= 15 is 0 Å². The van der Waals surface area contributed by atoms with E-state index in [9.17, 15) is 0 Å². The van der Waals surface area contributed by atoms with Gasteiger partial charge in [-0.3, -0.25) is 0 Å². The monoisotopic (exact) mass is 167 g/mol. The molecule has 0 aromatic carbocycles. The molecule has 0 bridgehead atoms. The normalized spacial score (nSPS) is 15.6. The van der Waals surface area contributed by atoms with Gasteiger partial charge in [-0.15, -0.1) is 0 Å². The lowest BCUT2D eigenvalue weighted by Crippen LogP contribution is -2.00. The van der Waals surface area contributed by atoms with Gasteiger partial charge in [0.25, 0.3) is 0 Å². The molecule has 12 heavy (non-hydrogen) atoms. The van der Waals surface area contributed by atoms with Crippen LogP contribution in [-0.4, -0.2) is 6.54 Å². The van der Waals surface area contributed by atoms with Gasteiger partial charge in [0.1, 0.15) is 0 Å². The van der Waals surface area contributed by atoms with Gasteiger partial charge in [-0.2, -0.15) is 0 Å². The molecule has 1 rings (SSSR count). The van der Waals surface area contributed by atoms with Crippen LogP contribution in [0.3, 0.4) is 0 Å². The van der Waals surface area contributed by atoms with Crippen molar-refractivity contribution in [3.63, 3.8) is 0 Å². The van der Waals surface area contributed by atoms with E-state index in [0.29, 0.717) is 6.54 Å². The van der Waals surface area contributed by atoms with E-state index in [1.165, 1.54) is 23.1 Å². The molecule has 0 aromatic heterocycles. The molecule has 0 unspecified atom stereocenters. The minimum absolute atomic E-state index is 0.717. The van der Waals surface area contributed by atoms with Gasteiger partial charge >= 0.3 is 0 Å². The fourth-order valence-electron chi connectivity index (χ4n) is 1.09. The van der Waals surface area contributed by atoms with Crippen LogP contribution in [0.15, 0.2) is 22.8 Å². The Bertz CT molecular complexity index is 187. The van der Waals surface area contributed by atoms with Crippen LogP contribution in [-0.2, 0) is 0 Å². The molecule has 1 nitrogen and oxygen atoms in total. The van der Waals surface area contributed by atoms with Gasteiger partial charge in [-0.1, -0.05) is 43.1 Å². The predicted molar refractivity (Wildman–Crippen MR) is 56.1 cm³/mol. The fourth-order valence-corrected chi connectivity index (χ4v) is 1.09. The highest BCUT2D eigenvalue weighted by Gasteiger charge is 2.06. The lowest BCUT2D eigenvalue weighted by Gasteiger charge is -1.94. The largest absolute Gasteiger partial charge is 0.327 e. The van der Waals surface area contributed by atoms with Gasteiger partial charge in [0, 0.05) is 6.54 Å². The molecule has 0 aromatic rings. The molecule has 1 aliphatic rings.